The van der Waals surface area contributed by atoms with E-state index >= 15 is 0 Å². The zero-order chi connectivity index (χ0) is 15.6. The van der Waals surface area contributed by atoms with Crippen molar-refractivity contribution in [2.45, 2.75) is 13.8 Å². The Morgan fingerprint density at radius 1 is 1.29 bits per heavy atom. The predicted molar refractivity (Wildman–Crippen MR) is 72.5 cm³/mol. The van der Waals surface area contributed by atoms with E-state index in [0.717, 1.165) is 12.1 Å². The van der Waals surface area contributed by atoms with E-state index in [0.29, 0.717) is 0 Å². The van der Waals surface area contributed by atoms with E-state index in [9.17, 15) is 14.0 Å². The molecule has 1 heterocycles. The number of aryl methyl sites for hydroxylation is 1. The number of carbonyl (C=O) groups excluding carboxylic acids is 2. The van der Waals surface area contributed by atoms with Crippen molar-refractivity contribution in [3.05, 3.63) is 52.5 Å². The fourth-order valence-corrected chi connectivity index (χ4v) is 1.94. The van der Waals surface area contributed by atoms with Gasteiger partial charge in [-0.1, -0.05) is 0 Å². The van der Waals surface area contributed by atoms with Crippen molar-refractivity contribution in [3.63, 3.8) is 0 Å². The molecule has 0 atom stereocenters. The standard InChI is InChI=1S/C15H11FN2O3/c1-8(19)13-9(2)21-15(12(13)7-17)18-14(20)10-3-5-11(16)6-4-10/h3-6H,1-2H3,(H,18,20). The fraction of sp³-hybridized carbons (Fsp3) is 0.133. The number of carbonyl (C=O) groups is 2. The Labute approximate surface area is 120 Å². The minimum atomic E-state index is -0.560. The highest BCUT2D eigenvalue weighted by Gasteiger charge is 2.22. The molecule has 0 saturated carbocycles. The summed E-state index contributed by atoms with van der Waals surface area (Å²) >= 11 is 0. The number of nitriles is 1. The monoisotopic (exact) mass is 286 g/mol. The summed E-state index contributed by atoms with van der Waals surface area (Å²) in [6.45, 7) is 2.84. The van der Waals surface area contributed by atoms with Gasteiger partial charge in [0.15, 0.2) is 5.78 Å². The Balaban J connectivity index is 2.34. The van der Waals surface area contributed by atoms with Crippen LogP contribution in [-0.2, 0) is 0 Å². The summed E-state index contributed by atoms with van der Waals surface area (Å²) < 4.78 is 18.1. The molecule has 106 valence electrons. The Hall–Kier alpha value is -2.94. The number of rotatable bonds is 3. The van der Waals surface area contributed by atoms with Crippen LogP contribution >= 0.6 is 0 Å². The summed E-state index contributed by atoms with van der Waals surface area (Å²) in [5.41, 5.74) is 0.334. The minimum absolute atomic E-state index is 0.0181. The Morgan fingerprint density at radius 3 is 2.43 bits per heavy atom. The van der Waals surface area contributed by atoms with Gasteiger partial charge in [0.2, 0.25) is 5.88 Å². The van der Waals surface area contributed by atoms with Crippen LogP contribution in [0.1, 0.15) is 39.0 Å². The van der Waals surface area contributed by atoms with E-state index in [4.69, 9.17) is 9.68 Å². The Morgan fingerprint density at radius 2 is 1.90 bits per heavy atom. The first-order valence-corrected chi connectivity index (χ1v) is 6.05. The molecule has 0 unspecified atom stereocenters. The average molecular weight is 286 g/mol. The summed E-state index contributed by atoms with van der Waals surface area (Å²) in [4.78, 5) is 23.5. The van der Waals surface area contributed by atoms with Gasteiger partial charge >= 0.3 is 0 Å². The number of Topliss-reactive ketones (excluding diaryl/α,β-unsaturated/α-hetero) is 1. The van der Waals surface area contributed by atoms with Crippen LogP contribution < -0.4 is 5.32 Å². The molecule has 1 amide bonds. The zero-order valence-corrected chi connectivity index (χ0v) is 11.4. The number of nitrogens with one attached hydrogen (secondary N) is 1. The van der Waals surface area contributed by atoms with E-state index in [2.05, 4.69) is 5.32 Å². The van der Waals surface area contributed by atoms with Gasteiger partial charge in [-0.2, -0.15) is 5.26 Å². The summed E-state index contributed by atoms with van der Waals surface area (Å²) in [6.07, 6.45) is 0. The lowest BCUT2D eigenvalue weighted by atomic mass is 10.1. The molecule has 2 rings (SSSR count). The summed E-state index contributed by atoms with van der Waals surface area (Å²) in [5, 5.41) is 11.5. The molecular weight excluding hydrogens is 275 g/mol. The topological polar surface area (TPSA) is 83.1 Å². The summed E-state index contributed by atoms with van der Waals surface area (Å²) in [7, 11) is 0. The predicted octanol–water partition coefficient (Wildman–Crippen LogP) is 3.05. The number of anilines is 1. The first kappa shape index (κ1) is 14.5. The third kappa shape index (κ3) is 2.82. The van der Waals surface area contributed by atoms with E-state index in [1.54, 1.807) is 0 Å². The first-order chi connectivity index (χ1) is 9.93. The molecule has 1 N–H and O–H groups in total. The molecule has 0 aliphatic carbocycles. The van der Waals surface area contributed by atoms with Crippen LogP contribution in [-0.4, -0.2) is 11.7 Å². The Kier molecular flexibility index (Phi) is 3.85. The quantitative estimate of drug-likeness (QED) is 0.879. The molecule has 5 nitrogen and oxygen atoms in total. The number of hydrogen-bond donors (Lipinski definition) is 1. The maximum absolute atomic E-state index is 12.8. The molecular formula is C15H11FN2O3. The molecule has 0 bridgehead atoms. The summed E-state index contributed by atoms with van der Waals surface area (Å²) in [5.74, 6) is -1.18. The number of amides is 1. The first-order valence-electron chi connectivity index (χ1n) is 6.05. The van der Waals surface area contributed by atoms with Crippen molar-refractivity contribution in [1.29, 1.82) is 5.26 Å². The molecule has 0 saturated heterocycles. The van der Waals surface area contributed by atoms with E-state index in [1.165, 1.54) is 26.0 Å². The van der Waals surface area contributed by atoms with Crippen LogP contribution in [0.5, 0.6) is 0 Å². The Bertz CT molecular complexity index is 754. The highest BCUT2D eigenvalue weighted by atomic mass is 19.1. The van der Waals surface area contributed by atoms with Gasteiger partial charge < -0.3 is 4.42 Å². The highest BCUT2D eigenvalue weighted by Crippen LogP contribution is 2.27. The van der Waals surface area contributed by atoms with Crippen molar-refractivity contribution < 1.29 is 18.4 Å². The summed E-state index contributed by atoms with van der Waals surface area (Å²) in [6, 6.07) is 6.75. The second-order valence-electron chi connectivity index (χ2n) is 4.37. The van der Waals surface area contributed by atoms with Crippen LogP contribution in [0.2, 0.25) is 0 Å². The minimum Gasteiger partial charge on any atom is -0.443 e. The molecule has 0 aliphatic rings. The molecule has 1 aromatic heterocycles. The average Bonchev–Trinajstić information content (AvgIpc) is 2.75. The molecule has 2 aromatic rings. The number of halogens is 1. The van der Waals surface area contributed by atoms with Crippen molar-refractivity contribution in [1.82, 2.24) is 0 Å². The van der Waals surface area contributed by atoms with Crippen molar-refractivity contribution >= 4 is 17.6 Å². The van der Waals surface area contributed by atoms with Gasteiger partial charge in [0.25, 0.3) is 5.91 Å². The van der Waals surface area contributed by atoms with Crippen molar-refractivity contribution in [3.8, 4) is 6.07 Å². The van der Waals surface area contributed by atoms with Crippen molar-refractivity contribution in [2.75, 3.05) is 5.32 Å². The van der Waals surface area contributed by atoms with Gasteiger partial charge in [0.05, 0.1) is 5.56 Å². The molecule has 0 radical (unpaired) electrons. The largest absolute Gasteiger partial charge is 0.443 e. The normalized spacial score (nSPS) is 10.0. The van der Waals surface area contributed by atoms with Crippen molar-refractivity contribution in [2.24, 2.45) is 0 Å². The van der Waals surface area contributed by atoms with Crippen LogP contribution in [0.4, 0.5) is 10.3 Å². The van der Waals surface area contributed by atoms with Crippen LogP contribution in [0.25, 0.3) is 0 Å². The maximum Gasteiger partial charge on any atom is 0.258 e. The van der Waals surface area contributed by atoms with Crippen LogP contribution in [0.3, 0.4) is 0 Å². The number of hydrogen-bond acceptors (Lipinski definition) is 4. The van der Waals surface area contributed by atoms with E-state index < -0.39 is 11.7 Å². The third-order valence-electron chi connectivity index (χ3n) is 2.88. The molecule has 0 fully saturated rings. The van der Waals surface area contributed by atoms with E-state index in [1.807, 2.05) is 6.07 Å². The molecule has 6 heteroatoms. The lowest BCUT2D eigenvalue weighted by Gasteiger charge is -2.02. The lowest BCUT2D eigenvalue weighted by Crippen LogP contribution is -2.12. The second-order valence-corrected chi connectivity index (χ2v) is 4.37. The van der Waals surface area contributed by atoms with E-state index in [-0.39, 0.29) is 34.1 Å². The maximum atomic E-state index is 12.8. The second kappa shape index (κ2) is 5.59. The van der Waals surface area contributed by atoms with Gasteiger partial charge in [0, 0.05) is 5.56 Å². The molecule has 21 heavy (non-hydrogen) atoms. The number of ketones is 1. The van der Waals surface area contributed by atoms with Gasteiger partial charge in [-0.15, -0.1) is 0 Å². The third-order valence-corrected chi connectivity index (χ3v) is 2.88. The number of furan rings is 1. The van der Waals surface area contributed by atoms with Gasteiger partial charge in [-0.3, -0.25) is 14.9 Å². The van der Waals surface area contributed by atoms with Crippen LogP contribution in [0.15, 0.2) is 28.7 Å². The smallest absolute Gasteiger partial charge is 0.258 e. The zero-order valence-electron chi connectivity index (χ0n) is 11.4. The number of nitrogens with zero attached hydrogens (tertiary/aromatic N) is 1. The fourth-order valence-electron chi connectivity index (χ4n) is 1.94. The van der Waals surface area contributed by atoms with Crippen LogP contribution in [0, 0.1) is 24.1 Å². The molecule has 0 aliphatic heterocycles. The highest BCUT2D eigenvalue weighted by molar-refractivity contribution is 6.06. The van der Waals surface area contributed by atoms with Gasteiger partial charge in [0.1, 0.15) is 23.2 Å². The SMILES string of the molecule is CC(=O)c1c(C)oc(NC(=O)c2ccc(F)cc2)c1C#N. The molecule has 1 aromatic carbocycles. The van der Waals surface area contributed by atoms with Gasteiger partial charge in [-0.25, -0.2) is 4.39 Å². The molecule has 0 spiro atoms. The van der Waals surface area contributed by atoms with Gasteiger partial charge in [-0.05, 0) is 38.1 Å². The lowest BCUT2D eigenvalue weighted by molar-refractivity contribution is 0.101. The number of benzene rings is 1.